The molecule has 0 aliphatic carbocycles. The van der Waals surface area contributed by atoms with Crippen molar-refractivity contribution in [3.8, 4) is 0 Å². The Morgan fingerprint density at radius 3 is 2.90 bits per heavy atom. The molecule has 0 amide bonds. The molecule has 1 fully saturated rings. The lowest BCUT2D eigenvalue weighted by molar-refractivity contribution is 0.279. The number of pyridine rings is 1. The molecule has 2 atom stereocenters. The molecule has 4 heteroatoms. The number of rotatable bonds is 8. The summed E-state index contributed by atoms with van der Waals surface area (Å²) in [6.45, 7) is 6.70. The van der Waals surface area contributed by atoms with Crippen LogP contribution in [0.15, 0.2) is 18.3 Å². The van der Waals surface area contributed by atoms with E-state index in [4.69, 9.17) is 5.11 Å². The molecule has 2 unspecified atom stereocenters. The van der Waals surface area contributed by atoms with Gasteiger partial charge in [-0.1, -0.05) is 13.8 Å². The molecule has 0 saturated carbocycles. The van der Waals surface area contributed by atoms with Crippen LogP contribution in [0.1, 0.15) is 57.7 Å². The molecule has 0 spiro atoms. The Morgan fingerprint density at radius 2 is 2.29 bits per heavy atom. The van der Waals surface area contributed by atoms with Crippen molar-refractivity contribution in [3.05, 3.63) is 24.0 Å². The van der Waals surface area contributed by atoms with Crippen LogP contribution in [0, 0.1) is 0 Å². The molecule has 0 radical (unpaired) electrons. The number of aliphatic hydroxyl groups is 1. The van der Waals surface area contributed by atoms with E-state index < -0.39 is 0 Å². The van der Waals surface area contributed by atoms with Gasteiger partial charge in [0, 0.05) is 25.2 Å². The quantitative estimate of drug-likeness (QED) is 0.773. The maximum atomic E-state index is 9.02. The van der Waals surface area contributed by atoms with E-state index in [2.05, 4.69) is 41.2 Å². The molecular formula is C17H29N3O. The van der Waals surface area contributed by atoms with Gasteiger partial charge in [0.05, 0.1) is 17.6 Å². The van der Waals surface area contributed by atoms with Gasteiger partial charge in [-0.25, -0.2) is 0 Å². The lowest BCUT2D eigenvalue weighted by Gasteiger charge is -2.27. The third kappa shape index (κ3) is 4.17. The summed E-state index contributed by atoms with van der Waals surface area (Å²) in [4.78, 5) is 7.13. The Labute approximate surface area is 128 Å². The zero-order chi connectivity index (χ0) is 15.1. The maximum absolute atomic E-state index is 9.02. The van der Waals surface area contributed by atoms with Gasteiger partial charge in [0.2, 0.25) is 0 Å². The van der Waals surface area contributed by atoms with Crippen LogP contribution in [0.5, 0.6) is 0 Å². The SMILES string of the molecule is CCNC(CC)c1ccc(N2CCCC2CCCO)cn1. The molecule has 1 aliphatic heterocycles. The Kier molecular flexibility index (Phi) is 6.46. The second-order valence-corrected chi connectivity index (χ2v) is 5.82. The summed E-state index contributed by atoms with van der Waals surface area (Å²) in [5.74, 6) is 0. The number of hydrogen-bond donors (Lipinski definition) is 2. The molecule has 118 valence electrons. The minimum absolute atomic E-state index is 0.294. The molecule has 1 aromatic rings. The first-order valence-electron chi connectivity index (χ1n) is 8.37. The highest BCUT2D eigenvalue weighted by Gasteiger charge is 2.24. The van der Waals surface area contributed by atoms with E-state index in [0.29, 0.717) is 18.7 Å². The highest BCUT2D eigenvalue weighted by Crippen LogP contribution is 2.28. The highest BCUT2D eigenvalue weighted by atomic mass is 16.2. The van der Waals surface area contributed by atoms with Crippen molar-refractivity contribution < 1.29 is 5.11 Å². The van der Waals surface area contributed by atoms with Gasteiger partial charge in [-0.3, -0.25) is 4.98 Å². The zero-order valence-corrected chi connectivity index (χ0v) is 13.4. The normalized spacial score (nSPS) is 20.0. The predicted octanol–water partition coefficient (Wildman–Crippen LogP) is 2.88. The minimum atomic E-state index is 0.294. The fourth-order valence-corrected chi connectivity index (χ4v) is 3.28. The van der Waals surface area contributed by atoms with Crippen molar-refractivity contribution in [2.45, 2.75) is 58.0 Å². The largest absolute Gasteiger partial charge is 0.396 e. The summed E-state index contributed by atoms with van der Waals surface area (Å²) < 4.78 is 0. The van der Waals surface area contributed by atoms with Gasteiger partial charge in [-0.15, -0.1) is 0 Å². The lowest BCUT2D eigenvalue weighted by Crippen LogP contribution is -2.29. The predicted molar refractivity (Wildman–Crippen MR) is 87.6 cm³/mol. The van der Waals surface area contributed by atoms with Crippen LogP contribution in [0.4, 0.5) is 5.69 Å². The Morgan fingerprint density at radius 1 is 1.43 bits per heavy atom. The second-order valence-electron chi connectivity index (χ2n) is 5.82. The van der Waals surface area contributed by atoms with E-state index in [0.717, 1.165) is 38.0 Å². The molecular weight excluding hydrogens is 262 g/mol. The summed E-state index contributed by atoms with van der Waals surface area (Å²) in [7, 11) is 0. The fourth-order valence-electron chi connectivity index (χ4n) is 3.28. The molecule has 2 rings (SSSR count). The molecule has 1 aliphatic rings. The maximum Gasteiger partial charge on any atom is 0.0574 e. The molecule has 0 aromatic carbocycles. The summed E-state index contributed by atoms with van der Waals surface area (Å²) in [6, 6.07) is 5.29. The van der Waals surface area contributed by atoms with Crippen LogP contribution < -0.4 is 10.2 Å². The topological polar surface area (TPSA) is 48.4 Å². The third-order valence-corrected chi connectivity index (χ3v) is 4.39. The first-order valence-corrected chi connectivity index (χ1v) is 8.37. The highest BCUT2D eigenvalue weighted by molar-refractivity contribution is 5.47. The molecule has 1 aromatic heterocycles. The Hall–Kier alpha value is -1.13. The average molecular weight is 291 g/mol. The third-order valence-electron chi connectivity index (χ3n) is 4.39. The van der Waals surface area contributed by atoms with Crippen LogP contribution in [-0.2, 0) is 0 Å². The van der Waals surface area contributed by atoms with Gasteiger partial charge in [-0.05, 0) is 50.8 Å². The molecule has 1 saturated heterocycles. The molecule has 0 bridgehead atoms. The zero-order valence-electron chi connectivity index (χ0n) is 13.4. The number of hydrogen-bond acceptors (Lipinski definition) is 4. The van der Waals surface area contributed by atoms with Crippen molar-refractivity contribution in [2.24, 2.45) is 0 Å². The number of aromatic nitrogens is 1. The van der Waals surface area contributed by atoms with Crippen molar-refractivity contribution in [1.29, 1.82) is 0 Å². The van der Waals surface area contributed by atoms with Crippen LogP contribution in [-0.4, -0.2) is 35.8 Å². The number of nitrogens with one attached hydrogen (secondary N) is 1. The first-order chi connectivity index (χ1) is 10.3. The summed E-state index contributed by atoms with van der Waals surface area (Å²) in [5.41, 5.74) is 2.36. The molecule has 2 N–H and O–H groups in total. The van der Waals surface area contributed by atoms with Crippen LogP contribution in [0.25, 0.3) is 0 Å². The first kappa shape index (κ1) is 16.2. The standard InChI is InChI=1S/C17H29N3O/c1-3-16(18-4-2)17-10-9-15(13-19-17)20-11-5-7-14(20)8-6-12-21/h9-10,13-14,16,18,21H,3-8,11-12H2,1-2H3. The van der Waals surface area contributed by atoms with Gasteiger partial charge in [0.1, 0.15) is 0 Å². The van der Waals surface area contributed by atoms with E-state index in [-0.39, 0.29) is 0 Å². The van der Waals surface area contributed by atoms with E-state index in [1.54, 1.807) is 0 Å². The molecule has 21 heavy (non-hydrogen) atoms. The molecule has 2 heterocycles. The van der Waals surface area contributed by atoms with Crippen molar-refractivity contribution in [1.82, 2.24) is 10.3 Å². The minimum Gasteiger partial charge on any atom is -0.396 e. The summed E-state index contributed by atoms with van der Waals surface area (Å²) in [5, 5.41) is 12.5. The van der Waals surface area contributed by atoms with Gasteiger partial charge < -0.3 is 15.3 Å². The van der Waals surface area contributed by atoms with Crippen LogP contribution in [0.2, 0.25) is 0 Å². The van der Waals surface area contributed by atoms with Crippen molar-refractivity contribution in [2.75, 3.05) is 24.6 Å². The number of nitrogens with zero attached hydrogens (tertiary/aromatic N) is 2. The lowest BCUT2D eigenvalue weighted by atomic mass is 10.1. The van der Waals surface area contributed by atoms with Crippen LogP contribution >= 0.6 is 0 Å². The van der Waals surface area contributed by atoms with E-state index >= 15 is 0 Å². The second kappa shape index (κ2) is 8.35. The van der Waals surface area contributed by atoms with Gasteiger partial charge in [0.15, 0.2) is 0 Å². The summed E-state index contributed by atoms with van der Waals surface area (Å²) in [6.07, 6.45) is 7.53. The van der Waals surface area contributed by atoms with E-state index in [9.17, 15) is 0 Å². The van der Waals surface area contributed by atoms with E-state index in [1.165, 1.54) is 18.5 Å². The van der Waals surface area contributed by atoms with Crippen molar-refractivity contribution >= 4 is 5.69 Å². The van der Waals surface area contributed by atoms with E-state index in [1.807, 2.05) is 6.20 Å². The monoisotopic (exact) mass is 291 g/mol. The number of anilines is 1. The van der Waals surface area contributed by atoms with Crippen LogP contribution in [0.3, 0.4) is 0 Å². The fraction of sp³-hybridized carbons (Fsp3) is 0.706. The average Bonchev–Trinajstić information content (AvgIpc) is 2.99. The Balaban J connectivity index is 2.03. The Bertz CT molecular complexity index is 407. The van der Waals surface area contributed by atoms with Gasteiger partial charge >= 0.3 is 0 Å². The smallest absolute Gasteiger partial charge is 0.0574 e. The van der Waals surface area contributed by atoms with Gasteiger partial charge in [0.25, 0.3) is 0 Å². The van der Waals surface area contributed by atoms with Crippen molar-refractivity contribution in [3.63, 3.8) is 0 Å². The van der Waals surface area contributed by atoms with Gasteiger partial charge in [-0.2, -0.15) is 0 Å². The number of aliphatic hydroxyl groups excluding tert-OH is 1. The molecule has 4 nitrogen and oxygen atoms in total. The summed E-state index contributed by atoms with van der Waals surface area (Å²) >= 11 is 0.